The minimum atomic E-state index is -0.0761. The zero-order chi connectivity index (χ0) is 19.4. The standard InChI is InChI=1S/C21H22ClN3O2/c1-14-16(15(2)25(3)24-14)12-13-21(26)23-18-9-5-7-11-20(18)27-19-10-6-4-8-17(19)22/h4-11H,12-13H2,1-3H3,(H,23,26). The van der Waals surface area contributed by atoms with Gasteiger partial charge in [-0.2, -0.15) is 5.10 Å². The quantitative estimate of drug-likeness (QED) is 0.647. The summed E-state index contributed by atoms with van der Waals surface area (Å²) < 4.78 is 7.73. The minimum Gasteiger partial charge on any atom is -0.454 e. The molecule has 6 heteroatoms. The van der Waals surface area contributed by atoms with Crippen LogP contribution in [0.25, 0.3) is 0 Å². The molecule has 0 aliphatic heterocycles. The van der Waals surface area contributed by atoms with Crippen molar-refractivity contribution in [1.82, 2.24) is 9.78 Å². The van der Waals surface area contributed by atoms with Crippen molar-refractivity contribution in [3.8, 4) is 11.5 Å². The molecule has 1 N–H and O–H groups in total. The fourth-order valence-corrected chi connectivity index (χ4v) is 3.11. The van der Waals surface area contributed by atoms with Gasteiger partial charge in [0.2, 0.25) is 5.91 Å². The summed E-state index contributed by atoms with van der Waals surface area (Å²) in [5.74, 6) is 1.02. The van der Waals surface area contributed by atoms with Crippen LogP contribution in [0.1, 0.15) is 23.4 Å². The van der Waals surface area contributed by atoms with E-state index in [1.54, 1.807) is 18.2 Å². The number of hydrogen-bond acceptors (Lipinski definition) is 3. The van der Waals surface area contributed by atoms with Gasteiger partial charge in [-0.3, -0.25) is 9.48 Å². The van der Waals surface area contributed by atoms with Gasteiger partial charge in [0.05, 0.1) is 16.4 Å². The molecule has 0 unspecified atom stereocenters. The van der Waals surface area contributed by atoms with Gasteiger partial charge in [-0.15, -0.1) is 0 Å². The molecule has 0 fully saturated rings. The van der Waals surface area contributed by atoms with Crippen LogP contribution < -0.4 is 10.1 Å². The van der Waals surface area contributed by atoms with Crippen LogP contribution in [0, 0.1) is 13.8 Å². The number of benzene rings is 2. The molecule has 27 heavy (non-hydrogen) atoms. The lowest BCUT2D eigenvalue weighted by Gasteiger charge is -2.13. The molecular weight excluding hydrogens is 362 g/mol. The second-order valence-corrected chi connectivity index (χ2v) is 6.76. The van der Waals surface area contributed by atoms with E-state index in [-0.39, 0.29) is 5.91 Å². The maximum Gasteiger partial charge on any atom is 0.224 e. The number of carbonyl (C=O) groups is 1. The zero-order valence-electron chi connectivity index (χ0n) is 15.6. The van der Waals surface area contributed by atoms with Crippen LogP contribution in [0.15, 0.2) is 48.5 Å². The molecular formula is C21H22ClN3O2. The Morgan fingerprint density at radius 2 is 1.78 bits per heavy atom. The lowest BCUT2D eigenvalue weighted by molar-refractivity contribution is -0.116. The number of aromatic nitrogens is 2. The molecule has 0 saturated heterocycles. The summed E-state index contributed by atoms with van der Waals surface area (Å²) in [6, 6.07) is 14.5. The van der Waals surface area contributed by atoms with Gasteiger partial charge in [-0.05, 0) is 50.1 Å². The van der Waals surface area contributed by atoms with Crippen molar-refractivity contribution in [2.24, 2.45) is 7.05 Å². The zero-order valence-corrected chi connectivity index (χ0v) is 16.4. The van der Waals surface area contributed by atoms with E-state index in [9.17, 15) is 4.79 Å². The highest BCUT2D eigenvalue weighted by Crippen LogP contribution is 2.33. The molecule has 0 saturated carbocycles. The van der Waals surface area contributed by atoms with Crippen LogP contribution in [0.2, 0.25) is 5.02 Å². The number of amides is 1. The first kappa shape index (κ1) is 19.0. The van der Waals surface area contributed by atoms with Crippen LogP contribution in [-0.4, -0.2) is 15.7 Å². The van der Waals surface area contributed by atoms with Crippen molar-refractivity contribution >= 4 is 23.2 Å². The number of anilines is 1. The van der Waals surface area contributed by atoms with Crippen LogP contribution in [0.5, 0.6) is 11.5 Å². The lowest BCUT2D eigenvalue weighted by Crippen LogP contribution is -2.13. The fraction of sp³-hybridized carbons (Fsp3) is 0.238. The summed E-state index contributed by atoms with van der Waals surface area (Å²) in [5, 5.41) is 7.84. The number of carbonyl (C=O) groups excluding carboxylic acids is 1. The van der Waals surface area contributed by atoms with Gasteiger partial charge >= 0.3 is 0 Å². The maximum atomic E-state index is 12.5. The molecule has 0 aliphatic rings. The third-order valence-corrected chi connectivity index (χ3v) is 4.79. The smallest absolute Gasteiger partial charge is 0.224 e. The van der Waals surface area contributed by atoms with Crippen LogP contribution in [0.4, 0.5) is 5.69 Å². The summed E-state index contributed by atoms with van der Waals surface area (Å²) >= 11 is 6.16. The topological polar surface area (TPSA) is 56.2 Å². The Morgan fingerprint density at radius 3 is 2.44 bits per heavy atom. The molecule has 0 bridgehead atoms. The van der Waals surface area contributed by atoms with Crippen LogP contribution in [-0.2, 0) is 18.3 Å². The second-order valence-electron chi connectivity index (χ2n) is 6.35. The molecule has 0 radical (unpaired) electrons. The maximum absolute atomic E-state index is 12.5. The largest absolute Gasteiger partial charge is 0.454 e. The van der Waals surface area contributed by atoms with Crippen molar-refractivity contribution in [3.63, 3.8) is 0 Å². The van der Waals surface area contributed by atoms with E-state index >= 15 is 0 Å². The molecule has 0 spiro atoms. The minimum absolute atomic E-state index is 0.0761. The van der Waals surface area contributed by atoms with E-state index < -0.39 is 0 Å². The third kappa shape index (κ3) is 4.49. The van der Waals surface area contributed by atoms with Crippen molar-refractivity contribution in [3.05, 3.63) is 70.5 Å². The predicted molar refractivity (Wildman–Crippen MR) is 108 cm³/mol. The first-order valence-corrected chi connectivity index (χ1v) is 9.14. The average Bonchev–Trinajstić information content (AvgIpc) is 2.89. The first-order valence-electron chi connectivity index (χ1n) is 8.76. The van der Waals surface area contributed by atoms with Gasteiger partial charge in [0.25, 0.3) is 0 Å². The summed E-state index contributed by atoms with van der Waals surface area (Å²) in [7, 11) is 1.91. The first-order chi connectivity index (χ1) is 13.0. The third-order valence-electron chi connectivity index (χ3n) is 4.48. The summed E-state index contributed by atoms with van der Waals surface area (Å²) in [6.45, 7) is 3.98. The van der Waals surface area contributed by atoms with Gasteiger partial charge < -0.3 is 10.1 Å². The fourth-order valence-electron chi connectivity index (χ4n) is 2.94. The van der Waals surface area contributed by atoms with Crippen LogP contribution >= 0.6 is 11.6 Å². The van der Waals surface area contributed by atoms with Gasteiger partial charge in [-0.25, -0.2) is 0 Å². The number of para-hydroxylation sites is 3. The van der Waals surface area contributed by atoms with E-state index in [2.05, 4.69) is 10.4 Å². The van der Waals surface area contributed by atoms with E-state index in [0.717, 1.165) is 17.0 Å². The van der Waals surface area contributed by atoms with Crippen LogP contribution in [0.3, 0.4) is 0 Å². The van der Waals surface area contributed by atoms with Gasteiger partial charge in [0, 0.05) is 19.2 Å². The summed E-state index contributed by atoms with van der Waals surface area (Å²) in [5.41, 5.74) is 3.78. The summed E-state index contributed by atoms with van der Waals surface area (Å²) in [4.78, 5) is 12.5. The number of hydrogen-bond donors (Lipinski definition) is 1. The lowest BCUT2D eigenvalue weighted by atomic mass is 10.1. The van der Waals surface area contributed by atoms with Gasteiger partial charge in [-0.1, -0.05) is 35.9 Å². The number of nitrogens with zero attached hydrogens (tertiary/aromatic N) is 2. The number of rotatable bonds is 6. The highest BCUT2D eigenvalue weighted by Gasteiger charge is 2.13. The number of ether oxygens (including phenoxy) is 1. The number of aryl methyl sites for hydroxylation is 2. The molecule has 3 aromatic rings. The van der Waals surface area contributed by atoms with E-state index in [1.165, 1.54) is 0 Å². The molecule has 3 rings (SSSR count). The monoisotopic (exact) mass is 383 g/mol. The Kier molecular flexibility index (Phi) is 5.81. The van der Waals surface area contributed by atoms with E-state index in [1.807, 2.05) is 55.9 Å². The van der Waals surface area contributed by atoms with Gasteiger partial charge in [0.15, 0.2) is 5.75 Å². The normalized spacial score (nSPS) is 10.7. The van der Waals surface area contributed by atoms with Gasteiger partial charge in [0.1, 0.15) is 5.75 Å². The molecule has 1 amide bonds. The van der Waals surface area contributed by atoms with E-state index in [4.69, 9.17) is 16.3 Å². The summed E-state index contributed by atoms with van der Waals surface area (Å²) in [6.07, 6.45) is 1.01. The predicted octanol–water partition coefficient (Wildman–Crippen LogP) is 5.05. The van der Waals surface area contributed by atoms with Crippen molar-refractivity contribution in [2.75, 3.05) is 5.32 Å². The molecule has 5 nitrogen and oxygen atoms in total. The molecule has 0 aliphatic carbocycles. The number of halogens is 1. The molecule has 140 valence electrons. The Balaban J connectivity index is 1.68. The van der Waals surface area contributed by atoms with Crippen molar-refractivity contribution in [1.29, 1.82) is 0 Å². The Hall–Kier alpha value is -2.79. The Labute approximate surface area is 163 Å². The highest BCUT2D eigenvalue weighted by atomic mass is 35.5. The van der Waals surface area contributed by atoms with Crippen molar-refractivity contribution in [2.45, 2.75) is 26.7 Å². The Morgan fingerprint density at radius 1 is 1.11 bits per heavy atom. The molecule has 1 aromatic heterocycles. The van der Waals surface area contributed by atoms with Crippen molar-refractivity contribution < 1.29 is 9.53 Å². The molecule has 1 heterocycles. The SMILES string of the molecule is Cc1nn(C)c(C)c1CCC(=O)Nc1ccccc1Oc1ccccc1Cl. The highest BCUT2D eigenvalue weighted by molar-refractivity contribution is 6.32. The average molecular weight is 384 g/mol. The Bertz CT molecular complexity index is 966. The number of nitrogens with one attached hydrogen (secondary N) is 1. The molecule has 2 aromatic carbocycles. The second kappa shape index (κ2) is 8.27. The molecule has 0 atom stereocenters. The van der Waals surface area contributed by atoms with E-state index in [0.29, 0.717) is 35.1 Å².